The van der Waals surface area contributed by atoms with Crippen LogP contribution in [0.15, 0.2) is 66.3 Å². The Balaban J connectivity index is 1.61. The molecular formula is C24H26N6O4S. The number of hydrogen-bond donors (Lipinski definition) is 2. The zero-order chi connectivity index (χ0) is 25.6. The van der Waals surface area contributed by atoms with Gasteiger partial charge in [-0.15, -0.1) is 16.8 Å². The lowest BCUT2D eigenvalue weighted by Crippen LogP contribution is -2.42. The van der Waals surface area contributed by atoms with E-state index in [0.29, 0.717) is 17.5 Å². The molecule has 2 amide bonds. The maximum atomic E-state index is 12.3. The van der Waals surface area contributed by atoms with Crippen LogP contribution < -0.4 is 10.9 Å². The van der Waals surface area contributed by atoms with Crippen LogP contribution in [0.5, 0.6) is 0 Å². The molecule has 0 bridgehead atoms. The van der Waals surface area contributed by atoms with E-state index in [1.165, 1.54) is 41.6 Å². The van der Waals surface area contributed by atoms with Gasteiger partial charge in [-0.2, -0.15) is 0 Å². The van der Waals surface area contributed by atoms with Crippen LogP contribution in [0.3, 0.4) is 0 Å². The number of benzene rings is 2. The van der Waals surface area contributed by atoms with Crippen molar-refractivity contribution in [2.45, 2.75) is 37.9 Å². The summed E-state index contributed by atoms with van der Waals surface area (Å²) in [4.78, 5) is 34.6. The third kappa shape index (κ3) is 6.54. The number of rotatable bonds is 8. The summed E-state index contributed by atoms with van der Waals surface area (Å²) in [6.07, 6.45) is 1.73. The summed E-state index contributed by atoms with van der Waals surface area (Å²) in [5.74, 6) is -0.387. The number of aromatic nitrogens is 3. The summed E-state index contributed by atoms with van der Waals surface area (Å²) >= 11 is 1.17. The lowest BCUT2D eigenvalue weighted by atomic mass is 9.87. The van der Waals surface area contributed by atoms with E-state index in [1.807, 2.05) is 16.7 Å². The fourth-order valence-electron chi connectivity index (χ4n) is 3.12. The quantitative estimate of drug-likeness (QED) is 0.210. The standard InChI is InChI=1S/C24H26N6O4S/c1-5-14-29-21(16-6-10-18(11-7-16)24(2,3)4)26-28-23(29)35-15-20(31)25-27-22(32)17-8-12-19(13-9-17)30(33)34/h5-13H,1,14-15H2,2-4H3,(H,25,31)(H,27,32). The monoisotopic (exact) mass is 494 g/mol. The van der Waals surface area contributed by atoms with Gasteiger partial charge in [-0.05, 0) is 23.1 Å². The molecule has 0 aliphatic heterocycles. The minimum atomic E-state index is -0.589. The van der Waals surface area contributed by atoms with Crippen molar-refractivity contribution in [2.24, 2.45) is 0 Å². The van der Waals surface area contributed by atoms with Crippen LogP contribution >= 0.6 is 11.8 Å². The molecule has 182 valence electrons. The van der Waals surface area contributed by atoms with Crippen molar-refractivity contribution in [3.8, 4) is 11.4 Å². The number of hydrazine groups is 1. The van der Waals surface area contributed by atoms with Crippen LogP contribution in [0.25, 0.3) is 11.4 Å². The second kappa shape index (κ2) is 11.0. The molecule has 2 aromatic carbocycles. The smallest absolute Gasteiger partial charge is 0.269 e. The van der Waals surface area contributed by atoms with Crippen LogP contribution in [-0.2, 0) is 16.8 Å². The minimum absolute atomic E-state index is 0.0151. The topological polar surface area (TPSA) is 132 Å². The van der Waals surface area contributed by atoms with Crippen LogP contribution in [0, 0.1) is 10.1 Å². The lowest BCUT2D eigenvalue weighted by Gasteiger charge is -2.19. The average molecular weight is 495 g/mol. The number of thioether (sulfide) groups is 1. The molecule has 0 aliphatic rings. The van der Waals surface area contributed by atoms with Crippen LogP contribution in [0.1, 0.15) is 36.7 Å². The highest BCUT2D eigenvalue weighted by molar-refractivity contribution is 7.99. The first-order valence-corrected chi connectivity index (χ1v) is 11.7. The van der Waals surface area contributed by atoms with Gasteiger partial charge in [-0.1, -0.05) is 62.9 Å². The summed E-state index contributed by atoms with van der Waals surface area (Å²) in [5.41, 5.74) is 6.81. The predicted molar refractivity (Wildman–Crippen MR) is 134 cm³/mol. The Labute approximate surface area is 207 Å². The van der Waals surface area contributed by atoms with E-state index in [-0.39, 0.29) is 22.4 Å². The van der Waals surface area contributed by atoms with Crippen molar-refractivity contribution < 1.29 is 14.5 Å². The third-order valence-corrected chi connectivity index (χ3v) is 5.99. The van der Waals surface area contributed by atoms with Crippen molar-refractivity contribution in [1.29, 1.82) is 0 Å². The van der Waals surface area contributed by atoms with E-state index < -0.39 is 16.7 Å². The number of allylic oxidation sites excluding steroid dienone is 1. The maximum Gasteiger partial charge on any atom is 0.269 e. The van der Waals surface area contributed by atoms with Gasteiger partial charge in [-0.25, -0.2) is 0 Å². The number of nitrogens with one attached hydrogen (secondary N) is 2. The fourth-order valence-corrected chi connectivity index (χ4v) is 3.87. The maximum absolute atomic E-state index is 12.3. The van der Waals surface area contributed by atoms with Crippen LogP contribution in [0.4, 0.5) is 5.69 Å². The zero-order valence-corrected chi connectivity index (χ0v) is 20.5. The Morgan fingerprint density at radius 3 is 2.31 bits per heavy atom. The van der Waals surface area contributed by atoms with Gasteiger partial charge in [0, 0.05) is 29.8 Å². The first-order valence-electron chi connectivity index (χ1n) is 10.7. The van der Waals surface area contributed by atoms with Crippen molar-refractivity contribution in [1.82, 2.24) is 25.6 Å². The number of nitro benzene ring substituents is 1. The molecule has 1 aromatic heterocycles. The van der Waals surface area contributed by atoms with Crippen molar-refractivity contribution in [2.75, 3.05) is 5.75 Å². The Morgan fingerprint density at radius 2 is 1.74 bits per heavy atom. The molecule has 11 heteroatoms. The fraction of sp³-hybridized carbons (Fsp3) is 0.250. The highest BCUT2D eigenvalue weighted by atomic mass is 32.2. The van der Waals surface area contributed by atoms with Crippen LogP contribution in [0.2, 0.25) is 0 Å². The molecule has 1 heterocycles. The van der Waals surface area contributed by atoms with Gasteiger partial charge in [0.15, 0.2) is 11.0 Å². The van der Waals surface area contributed by atoms with E-state index in [4.69, 9.17) is 0 Å². The molecule has 0 aliphatic carbocycles. The first kappa shape index (κ1) is 25.6. The Morgan fingerprint density at radius 1 is 1.09 bits per heavy atom. The number of non-ortho nitro benzene ring substituents is 1. The summed E-state index contributed by atoms with van der Waals surface area (Å²) in [6, 6.07) is 13.2. The SMILES string of the molecule is C=CCn1c(SCC(=O)NNC(=O)c2ccc([N+](=O)[O-])cc2)nnc1-c1ccc(C(C)(C)C)cc1. The Kier molecular flexibility index (Phi) is 8.02. The average Bonchev–Trinajstić information content (AvgIpc) is 3.23. The third-order valence-electron chi connectivity index (χ3n) is 5.03. The number of hydrogen-bond acceptors (Lipinski definition) is 7. The van der Waals surface area contributed by atoms with Gasteiger partial charge < -0.3 is 0 Å². The Hall–Kier alpha value is -3.99. The van der Waals surface area contributed by atoms with Crippen molar-refractivity contribution >= 4 is 29.3 Å². The Bertz CT molecular complexity index is 1230. The molecule has 0 atom stereocenters. The molecule has 35 heavy (non-hydrogen) atoms. The van der Waals surface area contributed by atoms with E-state index >= 15 is 0 Å². The first-order chi connectivity index (χ1) is 16.6. The van der Waals surface area contributed by atoms with E-state index in [2.05, 4.69) is 60.5 Å². The van der Waals surface area contributed by atoms with E-state index in [9.17, 15) is 19.7 Å². The molecule has 0 fully saturated rings. The second-order valence-electron chi connectivity index (χ2n) is 8.63. The normalized spacial score (nSPS) is 11.1. The minimum Gasteiger partial charge on any atom is -0.298 e. The van der Waals surface area contributed by atoms with Gasteiger partial charge in [0.25, 0.3) is 11.6 Å². The second-order valence-corrected chi connectivity index (χ2v) is 9.57. The zero-order valence-electron chi connectivity index (χ0n) is 19.6. The summed E-state index contributed by atoms with van der Waals surface area (Å²) < 4.78 is 1.87. The largest absolute Gasteiger partial charge is 0.298 e. The highest BCUT2D eigenvalue weighted by Gasteiger charge is 2.18. The molecule has 0 radical (unpaired) electrons. The van der Waals surface area contributed by atoms with Crippen LogP contribution in [-0.4, -0.2) is 37.3 Å². The van der Waals surface area contributed by atoms with Gasteiger partial charge in [0.2, 0.25) is 5.91 Å². The van der Waals surface area contributed by atoms with Gasteiger partial charge in [-0.3, -0.25) is 35.1 Å². The molecule has 0 unspecified atom stereocenters. The molecule has 2 N–H and O–H groups in total. The molecule has 3 aromatic rings. The molecule has 0 saturated carbocycles. The highest BCUT2D eigenvalue weighted by Crippen LogP contribution is 2.27. The van der Waals surface area contributed by atoms with E-state index in [0.717, 1.165) is 5.56 Å². The number of carbonyl (C=O) groups excluding carboxylic acids is 2. The number of amides is 2. The van der Waals surface area contributed by atoms with E-state index in [1.54, 1.807) is 6.08 Å². The van der Waals surface area contributed by atoms with Gasteiger partial charge in [0.05, 0.1) is 10.7 Å². The lowest BCUT2D eigenvalue weighted by molar-refractivity contribution is -0.384. The molecule has 3 rings (SSSR count). The molecule has 0 saturated heterocycles. The van der Waals surface area contributed by atoms with Crippen molar-refractivity contribution in [3.63, 3.8) is 0 Å². The number of nitrogens with zero attached hydrogens (tertiary/aromatic N) is 4. The molecular weight excluding hydrogens is 468 g/mol. The summed E-state index contributed by atoms with van der Waals surface area (Å²) in [7, 11) is 0. The van der Waals surface area contributed by atoms with Gasteiger partial charge >= 0.3 is 0 Å². The number of carbonyl (C=O) groups is 2. The van der Waals surface area contributed by atoms with Crippen molar-refractivity contribution in [3.05, 3.63) is 82.4 Å². The number of nitro groups is 1. The summed E-state index contributed by atoms with van der Waals surface area (Å²) in [5, 5.41) is 19.8. The summed E-state index contributed by atoms with van der Waals surface area (Å²) in [6.45, 7) is 10.7. The van der Waals surface area contributed by atoms with Gasteiger partial charge in [0.1, 0.15) is 0 Å². The molecule has 10 nitrogen and oxygen atoms in total. The molecule has 0 spiro atoms. The predicted octanol–water partition coefficient (Wildman–Crippen LogP) is 3.89.